The predicted octanol–water partition coefficient (Wildman–Crippen LogP) is 2.97. The molecule has 25 heavy (non-hydrogen) atoms. The fourth-order valence-electron chi connectivity index (χ4n) is 2.51. The van der Waals surface area contributed by atoms with E-state index in [2.05, 4.69) is 15.3 Å². The number of nitrogens with two attached hydrogens (primary N) is 2. The maximum atomic E-state index is 14.6. The Labute approximate surface area is 146 Å². The molecular weight excluding hydrogens is 316 g/mol. The highest BCUT2D eigenvalue weighted by Gasteiger charge is 2.10. The summed E-state index contributed by atoms with van der Waals surface area (Å²) in [6, 6.07) is 10.4. The van der Waals surface area contributed by atoms with Crippen molar-refractivity contribution in [3.63, 3.8) is 0 Å². The van der Waals surface area contributed by atoms with Crippen LogP contribution in [-0.4, -0.2) is 17.2 Å². The van der Waals surface area contributed by atoms with Crippen molar-refractivity contribution in [1.29, 1.82) is 0 Å². The van der Waals surface area contributed by atoms with Crippen molar-refractivity contribution < 1.29 is 4.39 Å². The molecule has 0 saturated carbocycles. The largest absolute Gasteiger partial charge is 0.398 e. The van der Waals surface area contributed by atoms with Crippen LogP contribution in [0.3, 0.4) is 0 Å². The summed E-state index contributed by atoms with van der Waals surface area (Å²) in [5, 5.41) is 3.57. The minimum atomic E-state index is -0.298. The van der Waals surface area contributed by atoms with Crippen molar-refractivity contribution in [2.45, 2.75) is 13.4 Å². The Morgan fingerprint density at radius 1 is 1.28 bits per heavy atom. The number of nitrogen functional groups attached to an aromatic ring is 1. The summed E-state index contributed by atoms with van der Waals surface area (Å²) < 4.78 is 14.6. The molecule has 0 atom stereocenters. The van der Waals surface area contributed by atoms with Crippen LogP contribution in [0.5, 0.6) is 0 Å². The van der Waals surface area contributed by atoms with E-state index in [4.69, 9.17) is 11.5 Å². The second-order valence-corrected chi connectivity index (χ2v) is 5.55. The summed E-state index contributed by atoms with van der Waals surface area (Å²) in [6.07, 6.45) is 1.64. The number of halogens is 1. The number of benzene rings is 1. The van der Waals surface area contributed by atoms with Gasteiger partial charge in [-0.15, -0.1) is 0 Å². The van der Waals surface area contributed by atoms with Crippen LogP contribution >= 0.6 is 0 Å². The summed E-state index contributed by atoms with van der Waals surface area (Å²) >= 11 is 0. The summed E-state index contributed by atoms with van der Waals surface area (Å²) in [5.74, 6) is 1.93. The molecule has 3 aromatic rings. The Hall–Kier alpha value is -3.09. The van der Waals surface area contributed by atoms with E-state index in [0.29, 0.717) is 39.4 Å². The maximum absolute atomic E-state index is 14.6. The Morgan fingerprint density at radius 2 is 2.12 bits per heavy atom. The number of aromatic nitrogens is 2. The lowest BCUT2D eigenvalue weighted by atomic mass is 9.81. The molecule has 125 valence electrons. The van der Waals surface area contributed by atoms with Gasteiger partial charge in [-0.2, -0.15) is 0 Å². The number of nitrogens with one attached hydrogen (secondary N) is 1. The molecule has 0 amide bonds. The van der Waals surface area contributed by atoms with Crippen LogP contribution in [0.4, 0.5) is 15.9 Å². The van der Waals surface area contributed by atoms with Crippen molar-refractivity contribution in [3.05, 3.63) is 65.6 Å². The number of pyridine rings is 2. The molecule has 7 heteroatoms. The number of nitrogens with zero attached hydrogens (tertiary/aromatic N) is 2. The van der Waals surface area contributed by atoms with Gasteiger partial charge in [0, 0.05) is 29.4 Å². The maximum Gasteiger partial charge on any atom is 0.150 e. The van der Waals surface area contributed by atoms with Crippen LogP contribution in [0.2, 0.25) is 6.82 Å². The monoisotopic (exact) mass is 334 g/mol. The molecule has 0 aliphatic carbocycles. The van der Waals surface area contributed by atoms with E-state index in [0.717, 1.165) is 0 Å². The predicted molar refractivity (Wildman–Crippen MR) is 101 cm³/mol. The van der Waals surface area contributed by atoms with Gasteiger partial charge in [0.05, 0.1) is 16.9 Å². The van der Waals surface area contributed by atoms with E-state index < -0.39 is 0 Å². The molecule has 3 rings (SSSR count). The molecule has 0 aliphatic rings. The van der Waals surface area contributed by atoms with Gasteiger partial charge >= 0.3 is 0 Å². The van der Waals surface area contributed by atoms with Gasteiger partial charge in [0.25, 0.3) is 0 Å². The molecule has 1 aromatic carbocycles. The van der Waals surface area contributed by atoms with Crippen LogP contribution in [0.1, 0.15) is 11.3 Å². The van der Waals surface area contributed by atoms with Gasteiger partial charge in [0.15, 0.2) is 0 Å². The Balaban J connectivity index is 1.85. The Morgan fingerprint density at radius 3 is 2.92 bits per heavy atom. The minimum Gasteiger partial charge on any atom is -0.398 e. The summed E-state index contributed by atoms with van der Waals surface area (Å²) in [7, 11) is 1.83. The van der Waals surface area contributed by atoms with Crippen molar-refractivity contribution >= 4 is 35.4 Å². The first-order valence-corrected chi connectivity index (χ1v) is 7.88. The molecule has 1 radical (unpaired) electrons. The Bertz CT molecular complexity index is 942. The molecule has 0 aliphatic heterocycles. The van der Waals surface area contributed by atoms with E-state index in [1.165, 1.54) is 0 Å². The highest BCUT2D eigenvalue weighted by atomic mass is 19.1. The van der Waals surface area contributed by atoms with Gasteiger partial charge in [0.1, 0.15) is 18.9 Å². The number of hydrogen-bond acceptors (Lipinski definition) is 5. The molecular formula is C18H18BFN5. The topological polar surface area (TPSA) is 89.8 Å². The van der Waals surface area contributed by atoms with Gasteiger partial charge in [-0.25, -0.2) is 9.37 Å². The molecule has 0 bridgehead atoms. The van der Waals surface area contributed by atoms with E-state index in [-0.39, 0.29) is 12.4 Å². The lowest BCUT2D eigenvalue weighted by Gasteiger charge is -2.12. The number of anilines is 2. The van der Waals surface area contributed by atoms with Crippen molar-refractivity contribution in [1.82, 2.24) is 9.97 Å². The normalized spacial score (nSPS) is 11.5. The average Bonchev–Trinajstić information content (AvgIpc) is 2.63. The number of hydrogen-bond donors (Lipinski definition) is 3. The quantitative estimate of drug-likeness (QED) is 0.624. The van der Waals surface area contributed by atoms with E-state index in [1.54, 1.807) is 48.6 Å². The van der Waals surface area contributed by atoms with E-state index in [1.807, 2.05) is 14.1 Å². The van der Waals surface area contributed by atoms with Gasteiger partial charge in [-0.05, 0) is 30.3 Å². The summed E-state index contributed by atoms with van der Waals surface area (Å²) in [6.45, 7) is 2.13. The van der Waals surface area contributed by atoms with Crippen LogP contribution in [-0.2, 0) is 6.54 Å². The highest BCUT2D eigenvalue weighted by molar-refractivity contribution is 6.41. The molecule has 0 fully saturated rings. The lowest BCUT2D eigenvalue weighted by Crippen LogP contribution is -2.09. The molecule has 5 N–H and O–H groups in total. The second kappa shape index (κ2) is 7.21. The van der Waals surface area contributed by atoms with Crippen molar-refractivity contribution in [2.24, 2.45) is 5.73 Å². The van der Waals surface area contributed by atoms with Crippen LogP contribution in [0.15, 0.2) is 48.6 Å². The minimum absolute atomic E-state index is 0.251. The van der Waals surface area contributed by atoms with Crippen molar-refractivity contribution in [2.75, 3.05) is 11.1 Å². The Kier molecular flexibility index (Phi) is 4.84. The standard InChI is InChI=1S/C18H18BFN5/c1-19-9-14(22)16-7-5-13(21)18(25-16)24-10-11-4-6-15-12(17(11)20)3-2-8-23-15/h2-9H,10,21-22H2,1H3,(H,24,25)/b14-9-. The second-order valence-electron chi connectivity index (χ2n) is 5.55. The molecule has 0 saturated heterocycles. The fraction of sp³-hybridized carbons (Fsp3) is 0.111. The molecule has 5 nitrogen and oxygen atoms in total. The third-order valence-electron chi connectivity index (χ3n) is 3.81. The third-order valence-corrected chi connectivity index (χ3v) is 3.81. The number of rotatable bonds is 5. The highest BCUT2D eigenvalue weighted by Crippen LogP contribution is 2.22. The third kappa shape index (κ3) is 3.55. The van der Waals surface area contributed by atoms with Gasteiger partial charge < -0.3 is 16.8 Å². The molecule has 2 aromatic heterocycles. The average molecular weight is 334 g/mol. The van der Waals surface area contributed by atoms with Gasteiger partial charge in [0.2, 0.25) is 0 Å². The van der Waals surface area contributed by atoms with Gasteiger partial charge in [-0.1, -0.05) is 18.9 Å². The first-order chi connectivity index (χ1) is 12.1. The summed E-state index contributed by atoms with van der Waals surface area (Å²) in [5.41, 5.74) is 14.7. The lowest BCUT2D eigenvalue weighted by molar-refractivity contribution is 0.624. The number of fused-ring (bicyclic) bond motifs is 1. The molecule has 0 spiro atoms. The van der Waals surface area contributed by atoms with Crippen LogP contribution in [0.25, 0.3) is 16.6 Å². The van der Waals surface area contributed by atoms with Gasteiger partial charge in [-0.3, -0.25) is 4.98 Å². The van der Waals surface area contributed by atoms with Crippen LogP contribution in [0, 0.1) is 5.82 Å². The zero-order chi connectivity index (χ0) is 17.8. The van der Waals surface area contributed by atoms with Crippen LogP contribution < -0.4 is 16.8 Å². The van der Waals surface area contributed by atoms with Crippen molar-refractivity contribution in [3.8, 4) is 0 Å². The smallest absolute Gasteiger partial charge is 0.150 e. The first-order valence-electron chi connectivity index (χ1n) is 7.88. The first kappa shape index (κ1) is 16.8. The molecule has 0 unspecified atom stereocenters. The molecule has 2 heterocycles. The van der Waals surface area contributed by atoms with E-state index >= 15 is 0 Å². The van der Waals surface area contributed by atoms with E-state index in [9.17, 15) is 4.39 Å². The fourth-order valence-corrected chi connectivity index (χ4v) is 2.51. The zero-order valence-corrected chi connectivity index (χ0v) is 13.8. The summed E-state index contributed by atoms with van der Waals surface area (Å²) in [4.78, 5) is 8.56. The SMILES string of the molecule is C[B]/C=C(\N)c1ccc(N)c(NCc2ccc3ncccc3c2F)n1. The zero-order valence-electron chi connectivity index (χ0n) is 13.8.